The highest BCUT2D eigenvalue weighted by molar-refractivity contribution is 6.30. The first-order chi connectivity index (χ1) is 31.3. The van der Waals surface area contributed by atoms with Gasteiger partial charge in [0.15, 0.2) is 11.6 Å². The number of aromatic nitrogens is 2. The molecule has 6 fully saturated rings. The number of aliphatic hydroxyl groups excluding tert-OH is 1. The van der Waals surface area contributed by atoms with E-state index in [0.29, 0.717) is 46.3 Å². The van der Waals surface area contributed by atoms with E-state index in [1.54, 1.807) is 19.2 Å². The lowest BCUT2D eigenvalue weighted by molar-refractivity contribution is -0.0493. The van der Waals surface area contributed by atoms with Crippen LogP contribution in [0.4, 0.5) is 0 Å². The largest absolute Gasteiger partial charge is 0.497 e. The summed E-state index contributed by atoms with van der Waals surface area (Å²) in [5.41, 5.74) is 5.53. The summed E-state index contributed by atoms with van der Waals surface area (Å²) in [6.07, 6.45) is 9.17. The standard InChI is InChI=1S/C54H56N4O6/c1-4-32-28-57-22-18-34(32)25-45(57)53(39-16-20-55-43-12-10-31(30-59)24-41(39)43)63-47-14-15-48(50-49(47)51(60)37-8-6-7-9-38(37)52(50)61)64-54(46-26-35-19-23-58(46)29-33(35)5-2)40-17-21-56-44-13-11-36(62-3)27-42(40)44/h6-17,20-21,24,27,32-35,45-46,53-54,59H,4-5,18-19,22-23,25-26,28-30H2,1-3H3/t32?,33?,34?,35?,45?,46?,53-,54-/m0/s1. The molecule has 13 rings (SSSR count). The number of hydrogen-bond donors (Lipinski definition) is 1. The lowest BCUT2D eigenvalue weighted by atomic mass is 9.72. The Morgan fingerprint density at radius 3 is 1.66 bits per heavy atom. The average Bonchev–Trinajstić information content (AvgIpc) is 3.36. The predicted octanol–water partition coefficient (Wildman–Crippen LogP) is 9.54. The number of methoxy groups -OCH3 is 1. The maximum absolute atomic E-state index is 15.1. The third kappa shape index (κ3) is 6.88. The van der Waals surface area contributed by atoms with Crippen molar-refractivity contribution in [3.05, 3.63) is 136 Å². The third-order valence-electron chi connectivity index (χ3n) is 15.7. The van der Waals surface area contributed by atoms with Crippen molar-refractivity contribution in [3.8, 4) is 17.2 Å². The molecule has 6 aromatic rings. The van der Waals surface area contributed by atoms with Crippen molar-refractivity contribution in [1.82, 2.24) is 19.8 Å². The van der Waals surface area contributed by atoms with Crippen LogP contribution < -0.4 is 14.2 Å². The zero-order chi connectivity index (χ0) is 43.6. The lowest BCUT2D eigenvalue weighted by Gasteiger charge is -2.52. The minimum Gasteiger partial charge on any atom is -0.497 e. The number of benzene rings is 4. The SMILES string of the molecule is CCC1CN2CCC1CC2[C@@H](Oc1ccc(O[C@@H](c2ccnc3ccc(OC)cc23)C2CC3CCN2CC3CC)c2c1C(=O)c1ccccc1C2=O)c1ccnc2ccc(CO)cc12. The fraction of sp³-hybridized carbons (Fsp3) is 0.407. The van der Waals surface area contributed by atoms with Gasteiger partial charge in [-0.15, -0.1) is 0 Å². The van der Waals surface area contributed by atoms with Gasteiger partial charge in [0.1, 0.15) is 29.5 Å². The van der Waals surface area contributed by atoms with Crippen molar-refractivity contribution in [3.63, 3.8) is 0 Å². The van der Waals surface area contributed by atoms with Crippen LogP contribution in [0, 0.1) is 23.7 Å². The van der Waals surface area contributed by atoms with Crippen LogP contribution in [0.5, 0.6) is 17.2 Å². The molecular formula is C54H56N4O6. The van der Waals surface area contributed by atoms with Gasteiger partial charge in [-0.3, -0.25) is 29.4 Å². The number of fused-ring (bicyclic) bond motifs is 10. The third-order valence-corrected chi connectivity index (χ3v) is 15.7. The van der Waals surface area contributed by atoms with E-state index in [9.17, 15) is 5.11 Å². The molecule has 8 unspecified atom stereocenters. The van der Waals surface area contributed by atoms with Crippen LogP contribution in [-0.4, -0.2) is 81.8 Å². The number of carbonyl (C=O) groups excluding carboxylic acids is 2. The van der Waals surface area contributed by atoms with E-state index in [2.05, 4.69) is 23.6 Å². The van der Waals surface area contributed by atoms with E-state index in [0.717, 1.165) is 109 Å². The first-order valence-corrected chi connectivity index (χ1v) is 23.4. The lowest BCUT2D eigenvalue weighted by Crippen LogP contribution is -2.56. The van der Waals surface area contributed by atoms with Crippen LogP contribution >= 0.6 is 0 Å². The van der Waals surface area contributed by atoms with Gasteiger partial charge in [0, 0.05) is 58.5 Å². The highest BCUT2D eigenvalue weighted by atomic mass is 16.5. The number of ether oxygens (including phenoxy) is 3. The maximum atomic E-state index is 15.1. The van der Waals surface area contributed by atoms with Crippen molar-refractivity contribution in [2.24, 2.45) is 23.7 Å². The molecular weight excluding hydrogens is 801 g/mol. The molecule has 10 atom stereocenters. The number of nitrogens with zero attached hydrogens (tertiary/aromatic N) is 4. The molecule has 2 aromatic heterocycles. The summed E-state index contributed by atoms with van der Waals surface area (Å²) < 4.78 is 20.5. The summed E-state index contributed by atoms with van der Waals surface area (Å²) in [7, 11) is 1.67. The van der Waals surface area contributed by atoms with Gasteiger partial charge in [-0.2, -0.15) is 0 Å². The number of hydrogen-bond acceptors (Lipinski definition) is 10. The first kappa shape index (κ1) is 41.1. The van der Waals surface area contributed by atoms with E-state index in [1.807, 2.05) is 85.2 Å². The zero-order valence-corrected chi connectivity index (χ0v) is 36.9. The molecule has 0 spiro atoms. The molecule has 0 radical (unpaired) electrons. The van der Waals surface area contributed by atoms with E-state index in [-0.39, 0.29) is 41.4 Å². The summed E-state index contributed by atoms with van der Waals surface area (Å²) in [5, 5.41) is 12.1. The number of aliphatic hydroxyl groups is 1. The molecule has 10 heteroatoms. The second-order valence-electron chi connectivity index (χ2n) is 18.8. The number of ketones is 2. The minimum absolute atomic E-state index is 0.0160. The van der Waals surface area contributed by atoms with Gasteiger partial charge < -0.3 is 19.3 Å². The van der Waals surface area contributed by atoms with Crippen molar-refractivity contribution in [2.75, 3.05) is 33.3 Å². The number of rotatable bonds is 12. The van der Waals surface area contributed by atoms with Crippen LogP contribution in [0.2, 0.25) is 0 Å². The Hall–Kier alpha value is -5.68. The molecule has 0 saturated carbocycles. The van der Waals surface area contributed by atoms with Gasteiger partial charge in [-0.1, -0.05) is 57.0 Å². The van der Waals surface area contributed by atoms with E-state index in [4.69, 9.17) is 24.2 Å². The van der Waals surface area contributed by atoms with Crippen LogP contribution in [0.15, 0.2) is 97.3 Å². The molecule has 4 aromatic carbocycles. The molecule has 64 heavy (non-hydrogen) atoms. The van der Waals surface area contributed by atoms with Crippen molar-refractivity contribution in [2.45, 2.75) is 83.3 Å². The molecule has 1 N–H and O–H groups in total. The summed E-state index contributed by atoms with van der Waals surface area (Å²) in [6.45, 7) is 8.42. The fourth-order valence-corrected chi connectivity index (χ4v) is 12.3. The Kier molecular flexibility index (Phi) is 10.7. The smallest absolute Gasteiger partial charge is 0.198 e. The molecule has 7 aliphatic rings. The van der Waals surface area contributed by atoms with Crippen molar-refractivity contribution >= 4 is 33.4 Å². The summed E-state index contributed by atoms with van der Waals surface area (Å²) in [6, 6.07) is 26.7. The second-order valence-corrected chi connectivity index (χ2v) is 18.8. The van der Waals surface area contributed by atoms with Gasteiger partial charge in [0.2, 0.25) is 0 Å². The van der Waals surface area contributed by atoms with Crippen molar-refractivity contribution in [1.29, 1.82) is 0 Å². The first-order valence-electron chi connectivity index (χ1n) is 23.4. The number of carbonyl (C=O) groups is 2. The van der Waals surface area contributed by atoms with E-state index in [1.165, 1.54) is 0 Å². The minimum atomic E-state index is -0.501. The molecule has 6 saturated heterocycles. The van der Waals surface area contributed by atoms with Gasteiger partial charge in [0.25, 0.3) is 0 Å². The Bertz CT molecular complexity index is 2600. The molecule has 0 amide bonds. The Labute approximate surface area is 374 Å². The molecule has 10 nitrogen and oxygen atoms in total. The predicted molar refractivity (Wildman–Crippen MR) is 246 cm³/mol. The highest BCUT2D eigenvalue weighted by Crippen LogP contribution is 2.49. The molecule has 328 valence electrons. The highest BCUT2D eigenvalue weighted by Gasteiger charge is 2.47. The summed E-state index contributed by atoms with van der Waals surface area (Å²) in [5.74, 6) is 3.32. The van der Waals surface area contributed by atoms with E-state index >= 15 is 9.59 Å². The second kappa shape index (κ2) is 16.7. The van der Waals surface area contributed by atoms with Crippen LogP contribution in [0.3, 0.4) is 0 Å². The van der Waals surface area contributed by atoms with Crippen LogP contribution in [0.25, 0.3) is 21.8 Å². The van der Waals surface area contributed by atoms with Crippen LogP contribution in [0.1, 0.15) is 113 Å². The maximum Gasteiger partial charge on any atom is 0.198 e. The average molecular weight is 857 g/mol. The summed E-state index contributed by atoms with van der Waals surface area (Å²) in [4.78, 5) is 44.9. The molecule has 6 aliphatic heterocycles. The summed E-state index contributed by atoms with van der Waals surface area (Å²) >= 11 is 0. The van der Waals surface area contributed by atoms with Gasteiger partial charge in [-0.05, 0) is 123 Å². The Morgan fingerprint density at radius 1 is 0.672 bits per heavy atom. The van der Waals surface area contributed by atoms with Crippen molar-refractivity contribution < 1.29 is 28.9 Å². The zero-order valence-electron chi connectivity index (χ0n) is 36.9. The molecule has 1 aliphatic carbocycles. The molecule has 4 bridgehead atoms. The van der Waals surface area contributed by atoms with Gasteiger partial charge in [0.05, 0.1) is 48.0 Å². The van der Waals surface area contributed by atoms with Gasteiger partial charge in [-0.25, -0.2) is 0 Å². The number of pyridine rings is 2. The van der Waals surface area contributed by atoms with Gasteiger partial charge >= 0.3 is 0 Å². The Balaban J connectivity index is 1.07. The Morgan fingerprint density at radius 2 is 1.19 bits per heavy atom. The topological polar surface area (TPSA) is 114 Å². The number of piperidine rings is 6. The quantitative estimate of drug-likeness (QED) is 0.128. The fourth-order valence-electron chi connectivity index (χ4n) is 12.3. The monoisotopic (exact) mass is 856 g/mol. The molecule has 8 heterocycles. The normalized spacial score (nSPS) is 26.7. The van der Waals surface area contributed by atoms with Crippen LogP contribution in [-0.2, 0) is 6.61 Å². The van der Waals surface area contributed by atoms with E-state index < -0.39 is 12.2 Å².